The number of nitrogens with zero attached hydrogens (tertiary/aromatic N) is 10. The number of aromatic nitrogens is 8. The van der Waals surface area contributed by atoms with Crippen molar-refractivity contribution >= 4 is 40.6 Å². The van der Waals surface area contributed by atoms with Crippen LogP contribution in [0.3, 0.4) is 0 Å². The van der Waals surface area contributed by atoms with Gasteiger partial charge in [-0.25, -0.2) is 28.7 Å². The Morgan fingerprint density at radius 2 is 1.31 bits per heavy atom. The molecular formula is C38H39ClF2N12O2. The highest BCUT2D eigenvalue weighted by molar-refractivity contribution is 6.28. The van der Waals surface area contributed by atoms with Gasteiger partial charge in [0.2, 0.25) is 11.2 Å². The van der Waals surface area contributed by atoms with Gasteiger partial charge in [0.25, 0.3) is 0 Å². The van der Waals surface area contributed by atoms with Gasteiger partial charge < -0.3 is 39.5 Å². The van der Waals surface area contributed by atoms with Crippen molar-refractivity contribution in [2.24, 2.45) is 0 Å². The second-order valence-electron chi connectivity index (χ2n) is 13.7. The predicted octanol–water partition coefficient (Wildman–Crippen LogP) is 6.61. The third-order valence-corrected chi connectivity index (χ3v) is 9.94. The standard InChI is InChI=1S/C19H19FN6O.C10H10FN3.C9H10ClN3O/c1-12-9-25(11-22-12)16-5-4-13(7-15(16)20)23-19-21-8-17-18(24-19)26-6-2-3-14(26)10-27-17;1-7-5-14(6-13-7)10-3-2-8(12)4-9(10)11;10-9-11-4-7-8(12-9)13-3-1-2-6(13)5-14-7/h4-5,7-9,11,14H,2-3,6,10H2,1H3,(H,21,23,24);2-6H,12H2,1H3;4,6H,1-3,5H2. The molecule has 0 bridgehead atoms. The van der Waals surface area contributed by atoms with Crippen LogP contribution in [0.25, 0.3) is 11.4 Å². The SMILES string of the molecule is Cc1cn(-c2ccc(N)cc2F)cn1.Cc1cn(-c2ccc(Nc3ncc4c(n3)N3CCCC3CO4)cc2F)cn1.Clc1ncc2c(n1)N1CCCC1CO2. The molecule has 14 nitrogen and oxygen atoms in total. The summed E-state index contributed by atoms with van der Waals surface area (Å²) in [6.45, 7) is 7.18. The Bertz CT molecular complexity index is 2320. The maximum atomic E-state index is 14.5. The summed E-state index contributed by atoms with van der Waals surface area (Å²) in [6.07, 6.45) is 14.7. The molecule has 3 N–H and O–H groups in total. The summed E-state index contributed by atoms with van der Waals surface area (Å²) in [5.74, 6) is 2.87. The predicted molar refractivity (Wildman–Crippen MR) is 205 cm³/mol. The number of nitrogen functional groups attached to an aromatic ring is 1. The van der Waals surface area contributed by atoms with Gasteiger partial charge >= 0.3 is 0 Å². The van der Waals surface area contributed by atoms with Gasteiger partial charge in [-0.2, -0.15) is 9.97 Å². The van der Waals surface area contributed by atoms with Gasteiger partial charge in [0.15, 0.2) is 23.1 Å². The summed E-state index contributed by atoms with van der Waals surface area (Å²) in [5, 5.41) is 3.38. The monoisotopic (exact) mass is 768 g/mol. The number of hydrogen-bond donors (Lipinski definition) is 2. The van der Waals surface area contributed by atoms with E-state index >= 15 is 0 Å². The Morgan fingerprint density at radius 1 is 0.745 bits per heavy atom. The average Bonchev–Trinajstić information content (AvgIpc) is 4.01. The maximum Gasteiger partial charge on any atom is 0.229 e. The molecule has 2 atom stereocenters. The first-order valence-corrected chi connectivity index (χ1v) is 18.4. The summed E-state index contributed by atoms with van der Waals surface area (Å²) in [5.41, 5.74) is 9.04. The summed E-state index contributed by atoms with van der Waals surface area (Å²) >= 11 is 5.76. The number of halogens is 3. The van der Waals surface area contributed by atoms with Crippen LogP contribution in [-0.4, -0.2) is 77.4 Å². The van der Waals surface area contributed by atoms with E-state index in [4.69, 9.17) is 26.8 Å². The van der Waals surface area contributed by atoms with Gasteiger partial charge in [-0.15, -0.1) is 0 Å². The number of imidazole rings is 2. The summed E-state index contributed by atoms with van der Waals surface area (Å²) in [7, 11) is 0. The van der Waals surface area contributed by atoms with Crippen LogP contribution in [0.15, 0.2) is 73.8 Å². The molecule has 6 aromatic rings. The van der Waals surface area contributed by atoms with Crippen LogP contribution < -0.4 is 30.3 Å². The molecule has 10 rings (SSSR count). The van der Waals surface area contributed by atoms with E-state index in [9.17, 15) is 8.78 Å². The van der Waals surface area contributed by atoms with Gasteiger partial charge in [-0.3, -0.25) is 0 Å². The normalized spacial score (nSPS) is 17.6. The molecule has 8 heterocycles. The lowest BCUT2D eigenvalue weighted by atomic mass is 10.2. The lowest BCUT2D eigenvalue weighted by molar-refractivity contribution is 0.268. The Kier molecular flexibility index (Phi) is 10.1. The number of benzene rings is 2. The molecule has 2 saturated heterocycles. The number of nitrogens with one attached hydrogen (secondary N) is 1. The van der Waals surface area contributed by atoms with Crippen molar-refractivity contribution in [3.63, 3.8) is 0 Å². The van der Waals surface area contributed by atoms with Crippen LogP contribution in [0.1, 0.15) is 37.1 Å². The van der Waals surface area contributed by atoms with Crippen molar-refractivity contribution in [3.05, 3.63) is 102 Å². The Hall–Kier alpha value is -6.03. The van der Waals surface area contributed by atoms with Gasteiger partial charge in [0.1, 0.15) is 24.8 Å². The first kappa shape index (κ1) is 36.0. The molecule has 4 aliphatic rings. The lowest BCUT2D eigenvalue weighted by Crippen LogP contribution is -2.38. The van der Waals surface area contributed by atoms with Crippen LogP contribution in [0.4, 0.5) is 37.7 Å². The second-order valence-corrected chi connectivity index (χ2v) is 14.0. The van der Waals surface area contributed by atoms with E-state index in [-0.39, 0.29) is 11.6 Å². The number of hydrogen-bond acceptors (Lipinski definition) is 12. The van der Waals surface area contributed by atoms with Gasteiger partial charge in [-0.1, -0.05) is 0 Å². The van der Waals surface area contributed by atoms with Crippen LogP contribution in [0.5, 0.6) is 11.5 Å². The number of anilines is 5. The highest BCUT2D eigenvalue weighted by Gasteiger charge is 2.34. The van der Waals surface area contributed by atoms with Crippen molar-refractivity contribution < 1.29 is 18.3 Å². The molecule has 2 unspecified atom stereocenters. The molecule has 2 aromatic carbocycles. The zero-order valence-corrected chi connectivity index (χ0v) is 31.0. The molecule has 0 aliphatic carbocycles. The molecule has 4 aliphatic heterocycles. The van der Waals surface area contributed by atoms with E-state index in [1.165, 1.54) is 25.0 Å². The number of nitrogens with two attached hydrogens (primary N) is 1. The maximum absolute atomic E-state index is 14.5. The largest absolute Gasteiger partial charge is 0.486 e. The fourth-order valence-corrected chi connectivity index (χ4v) is 7.22. The van der Waals surface area contributed by atoms with Crippen molar-refractivity contribution in [2.45, 2.75) is 51.6 Å². The number of fused-ring (bicyclic) bond motifs is 6. The van der Waals surface area contributed by atoms with E-state index < -0.39 is 0 Å². The summed E-state index contributed by atoms with van der Waals surface area (Å²) < 4.78 is 42.6. The van der Waals surface area contributed by atoms with Crippen molar-refractivity contribution in [2.75, 3.05) is 47.2 Å². The van der Waals surface area contributed by atoms with Gasteiger partial charge in [0, 0.05) is 36.9 Å². The minimum Gasteiger partial charge on any atom is -0.486 e. The zero-order valence-electron chi connectivity index (χ0n) is 30.2. The second kappa shape index (κ2) is 15.4. The Morgan fingerprint density at radius 3 is 1.87 bits per heavy atom. The third kappa shape index (κ3) is 7.80. The van der Waals surface area contributed by atoms with Crippen LogP contribution in [0, 0.1) is 25.5 Å². The van der Waals surface area contributed by atoms with Crippen LogP contribution >= 0.6 is 11.6 Å². The van der Waals surface area contributed by atoms with Crippen molar-refractivity contribution in [1.82, 2.24) is 39.0 Å². The van der Waals surface area contributed by atoms with Crippen LogP contribution in [0.2, 0.25) is 5.28 Å². The van der Waals surface area contributed by atoms with E-state index in [1.54, 1.807) is 70.8 Å². The molecule has 0 radical (unpaired) electrons. The fraction of sp³-hybridized carbons (Fsp3) is 0.316. The zero-order chi connectivity index (χ0) is 38.1. The molecule has 0 amide bonds. The molecule has 0 spiro atoms. The van der Waals surface area contributed by atoms with Crippen molar-refractivity contribution in [1.29, 1.82) is 0 Å². The Labute approximate surface area is 321 Å². The summed E-state index contributed by atoms with van der Waals surface area (Å²) in [4.78, 5) is 29.7. The molecule has 2 fully saturated rings. The highest BCUT2D eigenvalue weighted by Crippen LogP contribution is 2.38. The highest BCUT2D eigenvalue weighted by atomic mass is 35.5. The quantitative estimate of drug-likeness (QED) is 0.147. The molecule has 17 heteroatoms. The van der Waals surface area contributed by atoms with Gasteiger partial charge in [0.05, 0.1) is 59.9 Å². The molecule has 0 saturated carbocycles. The molecular weight excluding hydrogens is 730 g/mol. The van der Waals surface area contributed by atoms with E-state index in [0.717, 1.165) is 61.3 Å². The molecule has 284 valence electrons. The van der Waals surface area contributed by atoms with Crippen LogP contribution in [-0.2, 0) is 0 Å². The number of ether oxygens (including phenoxy) is 2. The Balaban J connectivity index is 0.000000128. The average molecular weight is 769 g/mol. The number of rotatable bonds is 4. The molecule has 55 heavy (non-hydrogen) atoms. The fourth-order valence-electron chi connectivity index (χ4n) is 7.09. The minimum atomic E-state index is -0.349. The lowest BCUT2D eigenvalue weighted by Gasteiger charge is -2.32. The molecule has 4 aromatic heterocycles. The van der Waals surface area contributed by atoms with Crippen molar-refractivity contribution in [3.8, 4) is 22.9 Å². The minimum absolute atomic E-state index is 0.292. The third-order valence-electron chi connectivity index (χ3n) is 9.76. The first-order valence-electron chi connectivity index (χ1n) is 18.0. The number of aryl methyl sites for hydroxylation is 2. The first-order chi connectivity index (χ1) is 26.7. The smallest absolute Gasteiger partial charge is 0.229 e. The van der Waals surface area contributed by atoms with E-state index in [0.29, 0.717) is 58.4 Å². The van der Waals surface area contributed by atoms with E-state index in [2.05, 4.69) is 45.0 Å². The van der Waals surface area contributed by atoms with Gasteiger partial charge in [-0.05, 0) is 87.5 Å². The van der Waals surface area contributed by atoms with E-state index in [1.807, 2.05) is 13.8 Å². The topological polar surface area (TPSA) is 150 Å². The summed E-state index contributed by atoms with van der Waals surface area (Å²) in [6, 6.07) is 10.4.